The van der Waals surface area contributed by atoms with Crippen molar-refractivity contribution >= 4 is 23.6 Å². The summed E-state index contributed by atoms with van der Waals surface area (Å²) in [5, 5.41) is 0.593. The van der Waals surface area contributed by atoms with Gasteiger partial charge in [-0.2, -0.15) is 0 Å². The Labute approximate surface area is 159 Å². The third-order valence-corrected chi connectivity index (χ3v) is 4.36. The number of hydrogen-bond acceptors (Lipinski definition) is 4. The molecule has 1 fully saturated rings. The summed E-state index contributed by atoms with van der Waals surface area (Å²) in [4.78, 5) is 25.3. The Morgan fingerprint density at radius 3 is 2.73 bits per heavy atom. The highest BCUT2D eigenvalue weighted by atomic mass is 35.5. The van der Waals surface area contributed by atoms with Crippen LogP contribution in [-0.2, 0) is 14.3 Å². The number of nitrogens with zero attached hydrogens (tertiary/aromatic N) is 1. The van der Waals surface area contributed by atoms with Crippen LogP contribution in [0.5, 0.6) is 0 Å². The second-order valence-corrected chi connectivity index (χ2v) is 8.02. The Bertz CT molecular complexity index is 645. The summed E-state index contributed by atoms with van der Waals surface area (Å²) in [6.45, 7) is 6.49. The Morgan fingerprint density at radius 2 is 2.12 bits per heavy atom. The van der Waals surface area contributed by atoms with Gasteiger partial charge in [0.25, 0.3) is 0 Å². The van der Waals surface area contributed by atoms with Crippen LogP contribution >= 0.6 is 11.6 Å². The molecule has 1 aliphatic rings. The van der Waals surface area contributed by atoms with Crippen LogP contribution in [0.4, 0.5) is 4.79 Å². The average Bonchev–Trinajstić information content (AvgIpc) is 2.53. The van der Waals surface area contributed by atoms with Crippen LogP contribution in [0.1, 0.15) is 45.3 Å². The normalized spacial score (nSPS) is 19.1. The molecule has 6 nitrogen and oxygen atoms in total. The van der Waals surface area contributed by atoms with E-state index in [9.17, 15) is 9.59 Å². The molecule has 2 atom stereocenters. The van der Waals surface area contributed by atoms with Gasteiger partial charge in [0.15, 0.2) is 0 Å². The van der Waals surface area contributed by atoms with E-state index < -0.39 is 11.5 Å². The van der Waals surface area contributed by atoms with E-state index in [4.69, 9.17) is 26.8 Å². The Balaban J connectivity index is 2.15. The predicted octanol–water partition coefficient (Wildman–Crippen LogP) is 3.53. The summed E-state index contributed by atoms with van der Waals surface area (Å²) < 4.78 is 11.3. The summed E-state index contributed by atoms with van der Waals surface area (Å²) >= 11 is 6.11. The van der Waals surface area contributed by atoms with Crippen molar-refractivity contribution in [2.45, 2.75) is 45.3 Å². The second kappa shape index (κ2) is 8.73. The highest BCUT2D eigenvalue weighted by molar-refractivity contribution is 6.30. The van der Waals surface area contributed by atoms with Gasteiger partial charge in [0.1, 0.15) is 12.2 Å². The molecule has 0 radical (unpaired) electrons. The fourth-order valence-corrected chi connectivity index (χ4v) is 3.31. The summed E-state index contributed by atoms with van der Waals surface area (Å²) in [5.74, 6) is -0.508. The maximum atomic E-state index is 12.4. The number of carbonyl (C=O) groups is 2. The fraction of sp³-hybridized carbons (Fsp3) is 0.579. The Kier molecular flexibility index (Phi) is 6.89. The highest BCUT2D eigenvalue weighted by Crippen LogP contribution is 2.34. The molecular weight excluding hydrogens is 356 g/mol. The number of carbonyl (C=O) groups excluding carboxylic acids is 2. The van der Waals surface area contributed by atoms with Gasteiger partial charge in [-0.05, 0) is 51.3 Å². The number of rotatable bonds is 5. The van der Waals surface area contributed by atoms with Crippen LogP contribution in [0.15, 0.2) is 24.3 Å². The van der Waals surface area contributed by atoms with Gasteiger partial charge in [0.2, 0.25) is 5.91 Å². The van der Waals surface area contributed by atoms with Crippen LogP contribution in [0.2, 0.25) is 5.02 Å². The van der Waals surface area contributed by atoms with E-state index in [-0.39, 0.29) is 24.7 Å². The highest BCUT2D eigenvalue weighted by Gasteiger charge is 2.33. The van der Waals surface area contributed by atoms with Crippen LogP contribution in [0.25, 0.3) is 0 Å². The minimum absolute atomic E-state index is 0.0223. The van der Waals surface area contributed by atoms with Crippen molar-refractivity contribution in [3.8, 4) is 0 Å². The van der Waals surface area contributed by atoms with Crippen molar-refractivity contribution in [2.75, 3.05) is 19.7 Å². The number of benzene rings is 1. The van der Waals surface area contributed by atoms with Crippen molar-refractivity contribution in [1.29, 1.82) is 0 Å². The zero-order chi connectivity index (χ0) is 19.3. The quantitative estimate of drug-likeness (QED) is 0.844. The van der Waals surface area contributed by atoms with Crippen LogP contribution < -0.4 is 5.73 Å². The molecule has 0 spiro atoms. The van der Waals surface area contributed by atoms with Crippen LogP contribution in [0.3, 0.4) is 0 Å². The summed E-state index contributed by atoms with van der Waals surface area (Å²) in [6.07, 6.45) is 1.00. The van der Waals surface area contributed by atoms with E-state index in [1.807, 2.05) is 39.0 Å². The molecule has 1 aromatic carbocycles. The van der Waals surface area contributed by atoms with Gasteiger partial charge in [-0.15, -0.1) is 0 Å². The van der Waals surface area contributed by atoms with E-state index in [0.29, 0.717) is 18.1 Å². The zero-order valence-electron chi connectivity index (χ0n) is 15.5. The number of primary amides is 1. The molecule has 2 amide bonds. The predicted molar refractivity (Wildman–Crippen MR) is 99.9 cm³/mol. The number of likely N-dealkylation sites (tertiary alicyclic amines) is 1. The average molecular weight is 383 g/mol. The summed E-state index contributed by atoms with van der Waals surface area (Å²) in [5.41, 5.74) is 5.58. The van der Waals surface area contributed by atoms with E-state index >= 15 is 0 Å². The van der Waals surface area contributed by atoms with Crippen molar-refractivity contribution in [1.82, 2.24) is 4.90 Å². The molecule has 26 heavy (non-hydrogen) atoms. The first kappa shape index (κ1) is 20.5. The third kappa shape index (κ3) is 6.18. The van der Waals surface area contributed by atoms with Crippen molar-refractivity contribution < 1.29 is 19.1 Å². The molecule has 1 unspecified atom stereocenters. The molecule has 0 aromatic heterocycles. The monoisotopic (exact) mass is 382 g/mol. The Hall–Kier alpha value is -1.79. The maximum Gasteiger partial charge on any atom is 0.410 e. The molecule has 144 valence electrons. The maximum absolute atomic E-state index is 12.4. The molecule has 1 aliphatic heterocycles. The summed E-state index contributed by atoms with van der Waals surface area (Å²) in [7, 11) is 0. The van der Waals surface area contributed by atoms with E-state index in [1.165, 1.54) is 0 Å². The first-order valence-electron chi connectivity index (χ1n) is 8.79. The lowest BCUT2D eigenvalue weighted by Crippen LogP contribution is -2.44. The summed E-state index contributed by atoms with van der Waals surface area (Å²) in [6, 6.07) is 7.35. The molecule has 0 aliphatic carbocycles. The largest absolute Gasteiger partial charge is 0.444 e. The van der Waals surface area contributed by atoms with Gasteiger partial charge in [-0.25, -0.2) is 4.79 Å². The van der Waals surface area contributed by atoms with Crippen LogP contribution in [0, 0.1) is 5.92 Å². The van der Waals surface area contributed by atoms with Gasteiger partial charge in [0, 0.05) is 24.0 Å². The number of ether oxygens (including phenoxy) is 2. The number of hydrogen-bond donors (Lipinski definition) is 1. The lowest BCUT2D eigenvalue weighted by molar-refractivity contribution is -0.126. The van der Waals surface area contributed by atoms with Gasteiger partial charge >= 0.3 is 6.09 Å². The van der Waals surface area contributed by atoms with E-state index in [0.717, 1.165) is 18.4 Å². The second-order valence-electron chi connectivity index (χ2n) is 7.58. The Morgan fingerprint density at radius 1 is 1.38 bits per heavy atom. The van der Waals surface area contributed by atoms with Gasteiger partial charge in [-0.1, -0.05) is 23.7 Å². The van der Waals surface area contributed by atoms with Gasteiger partial charge in [0.05, 0.1) is 6.10 Å². The van der Waals surface area contributed by atoms with E-state index in [2.05, 4.69) is 0 Å². The van der Waals surface area contributed by atoms with Crippen molar-refractivity contribution in [3.05, 3.63) is 34.9 Å². The molecule has 2 rings (SSSR count). The number of halogens is 1. The SMILES string of the molecule is CC(C)(C)OC(=O)N1CCCC([C@@H](OCC(N)=O)c2cccc(Cl)c2)C1. The molecule has 0 saturated carbocycles. The lowest BCUT2D eigenvalue weighted by atomic mass is 9.88. The first-order chi connectivity index (χ1) is 12.2. The minimum atomic E-state index is -0.543. The molecule has 7 heteroatoms. The molecular formula is C19H27ClN2O4. The van der Waals surface area contributed by atoms with Crippen molar-refractivity contribution in [2.24, 2.45) is 11.7 Å². The lowest BCUT2D eigenvalue weighted by Gasteiger charge is -2.37. The first-order valence-corrected chi connectivity index (χ1v) is 9.17. The van der Waals surface area contributed by atoms with Crippen LogP contribution in [-0.4, -0.2) is 42.2 Å². The van der Waals surface area contributed by atoms with Crippen molar-refractivity contribution in [3.63, 3.8) is 0 Å². The number of piperidine rings is 1. The third-order valence-electron chi connectivity index (χ3n) is 4.12. The van der Waals surface area contributed by atoms with Gasteiger partial charge in [-0.3, -0.25) is 4.79 Å². The molecule has 2 N–H and O–H groups in total. The molecule has 0 bridgehead atoms. The molecule has 1 heterocycles. The minimum Gasteiger partial charge on any atom is -0.444 e. The zero-order valence-corrected chi connectivity index (χ0v) is 16.3. The number of amides is 2. The standard InChI is InChI=1S/C19H27ClN2O4/c1-19(2,3)26-18(24)22-9-5-7-14(11-22)17(25-12-16(21)23)13-6-4-8-15(20)10-13/h4,6,8,10,14,17H,5,7,9,11-12H2,1-3H3,(H2,21,23)/t14?,17-/m0/s1. The fourth-order valence-electron chi connectivity index (χ4n) is 3.11. The van der Waals surface area contributed by atoms with Gasteiger partial charge < -0.3 is 20.1 Å². The number of nitrogens with two attached hydrogens (primary N) is 1. The van der Waals surface area contributed by atoms with E-state index in [1.54, 1.807) is 11.0 Å². The molecule has 1 aromatic rings. The smallest absolute Gasteiger partial charge is 0.410 e. The molecule has 1 saturated heterocycles. The topological polar surface area (TPSA) is 81.9 Å².